The van der Waals surface area contributed by atoms with Crippen LogP contribution in [0.3, 0.4) is 0 Å². The zero-order valence-electron chi connectivity index (χ0n) is 9.33. The Labute approximate surface area is 93.4 Å². The number of ether oxygens (including phenoxy) is 1. The second-order valence-corrected chi connectivity index (χ2v) is 3.96. The molecule has 0 aliphatic carbocycles. The molecule has 0 radical (unpaired) electrons. The predicted octanol–water partition coefficient (Wildman–Crippen LogP) is -0.689. The molecule has 88 valence electrons. The third kappa shape index (κ3) is 1.94. The SMILES string of the molecule is COC(C(=O)N1CC(O)C1)c1cnn(C)c1. The minimum Gasteiger partial charge on any atom is -0.389 e. The van der Waals surface area contributed by atoms with E-state index in [2.05, 4.69) is 5.10 Å². The molecule has 1 aromatic rings. The highest BCUT2D eigenvalue weighted by Crippen LogP contribution is 2.21. The van der Waals surface area contributed by atoms with Crippen LogP contribution in [0.4, 0.5) is 0 Å². The van der Waals surface area contributed by atoms with E-state index in [4.69, 9.17) is 9.84 Å². The summed E-state index contributed by atoms with van der Waals surface area (Å²) < 4.78 is 6.80. The third-order valence-corrected chi connectivity index (χ3v) is 2.66. The highest BCUT2D eigenvalue weighted by Gasteiger charge is 2.34. The molecule has 1 amide bonds. The van der Waals surface area contributed by atoms with Crippen molar-refractivity contribution in [1.82, 2.24) is 14.7 Å². The van der Waals surface area contributed by atoms with Crippen molar-refractivity contribution < 1.29 is 14.6 Å². The van der Waals surface area contributed by atoms with E-state index < -0.39 is 12.2 Å². The van der Waals surface area contributed by atoms with Crippen molar-refractivity contribution in [3.05, 3.63) is 18.0 Å². The quantitative estimate of drug-likeness (QED) is 0.739. The van der Waals surface area contributed by atoms with E-state index in [1.807, 2.05) is 0 Å². The van der Waals surface area contributed by atoms with E-state index in [1.54, 1.807) is 29.0 Å². The van der Waals surface area contributed by atoms with Gasteiger partial charge in [0.05, 0.1) is 12.3 Å². The zero-order chi connectivity index (χ0) is 11.7. The lowest BCUT2D eigenvalue weighted by Gasteiger charge is -2.37. The largest absolute Gasteiger partial charge is 0.389 e. The second kappa shape index (κ2) is 4.23. The molecular formula is C10H15N3O3. The minimum absolute atomic E-state index is 0.124. The Balaban J connectivity index is 2.07. The van der Waals surface area contributed by atoms with Crippen LogP contribution in [0.5, 0.6) is 0 Å². The highest BCUT2D eigenvalue weighted by atomic mass is 16.5. The lowest BCUT2D eigenvalue weighted by Crippen LogP contribution is -2.55. The van der Waals surface area contributed by atoms with Crippen molar-refractivity contribution in [3.8, 4) is 0 Å². The number of hydrogen-bond acceptors (Lipinski definition) is 4. The van der Waals surface area contributed by atoms with Gasteiger partial charge in [-0.25, -0.2) is 0 Å². The van der Waals surface area contributed by atoms with E-state index in [1.165, 1.54) is 7.11 Å². The number of nitrogens with zero attached hydrogens (tertiary/aromatic N) is 3. The van der Waals surface area contributed by atoms with Gasteiger partial charge in [0.15, 0.2) is 6.10 Å². The molecule has 0 saturated carbocycles. The highest BCUT2D eigenvalue weighted by molar-refractivity contribution is 5.83. The number of β-amino-alcohol motifs (C(OH)–C–C–N with tert-alkyl or cyclic N) is 1. The molecule has 16 heavy (non-hydrogen) atoms. The topological polar surface area (TPSA) is 67.6 Å². The number of carbonyl (C=O) groups excluding carboxylic acids is 1. The van der Waals surface area contributed by atoms with Crippen LogP contribution in [0, 0.1) is 0 Å². The first kappa shape index (κ1) is 11.1. The summed E-state index contributed by atoms with van der Waals surface area (Å²) in [6.07, 6.45) is 2.35. The Morgan fingerprint density at radius 3 is 2.81 bits per heavy atom. The molecule has 1 unspecified atom stereocenters. The van der Waals surface area contributed by atoms with Crippen molar-refractivity contribution in [2.75, 3.05) is 20.2 Å². The number of aryl methyl sites for hydroxylation is 1. The van der Waals surface area contributed by atoms with Crippen molar-refractivity contribution >= 4 is 5.91 Å². The van der Waals surface area contributed by atoms with E-state index in [0.717, 1.165) is 5.56 Å². The lowest BCUT2D eigenvalue weighted by atomic mass is 10.1. The van der Waals surface area contributed by atoms with Gasteiger partial charge in [-0.2, -0.15) is 5.10 Å². The third-order valence-electron chi connectivity index (χ3n) is 2.66. The molecule has 1 aromatic heterocycles. The van der Waals surface area contributed by atoms with E-state index in [9.17, 15) is 4.79 Å². The first-order valence-corrected chi connectivity index (χ1v) is 5.10. The second-order valence-electron chi connectivity index (χ2n) is 3.96. The summed E-state index contributed by atoms with van der Waals surface area (Å²) in [4.78, 5) is 13.5. The van der Waals surface area contributed by atoms with Gasteiger partial charge < -0.3 is 14.7 Å². The van der Waals surface area contributed by atoms with E-state index in [0.29, 0.717) is 13.1 Å². The molecule has 0 spiro atoms. The van der Waals surface area contributed by atoms with Crippen molar-refractivity contribution in [3.63, 3.8) is 0 Å². The molecule has 2 heterocycles. The monoisotopic (exact) mass is 225 g/mol. The number of rotatable bonds is 3. The van der Waals surface area contributed by atoms with Crippen molar-refractivity contribution in [1.29, 1.82) is 0 Å². The minimum atomic E-state index is -0.624. The zero-order valence-corrected chi connectivity index (χ0v) is 9.33. The Morgan fingerprint density at radius 2 is 2.38 bits per heavy atom. The number of aliphatic hydroxyl groups excluding tert-OH is 1. The molecule has 1 aliphatic heterocycles. The Kier molecular flexibility index (Phi) is 2.93. The van der Waals surface area contributed by atoms with Crippen LogP contribution in [0.25, 0.3) is 0 Å². The molecule has 1 N–H and O–H groups in total. The van der Waals surface area contributed by atoms with Crippen LogP contribution in [-0.2, 0) is 16.6 Å². The van der Waals surface area contributed by atoms with Crippen molar-refractivity contribution in [2.45, 2.75) is 12.2 Å². The smallest absolute Gasteiger partial charge is 0.256 e. The molecular weight excluding hydrogens is 210 g/mol. The average Bonchev–Trinajstić information content (AvgIpc) is 2.61. The first-order valence-electron chi connectivity index (χ1n) is 5.10. The van der Waals surface area contributed by atoms with Crippen LogP contribution in [-0.4, -0.2) is 52.0 Å². The Bertz CT molecular complexity index is 384. The molecule has 2 rings (SSSR count). The fraction of sp³-hybridized carbons (Fsp3) is 0.600. The summed E-state index contributed by atoms with van der Waals surface area (Å²) in [7, 11) is 3.28. The first-order chi connectivity index (χ1) is 7.61. The lowest BCUT2D eigenvalue weighted by molar-refractivity contribution is -0.152. The molecule has 1 atom stereocenters. The summed E-state index contributed by atoms with van der Waals surface area (Å²) in [5.74, 6) is -0.124. The van der Waals surface area contributed by atoms with E-state index >= 15 is 0 Å². The summed E-state index contributed by atoms with van der Waals surface area (Å²) in [6, 6.07) is 0. The van der Waals surface area contributed by atoms with Crippen LogP contribution in [0.15, 0.2) is 12.4 Å². The van der Waals surface area contributed by atoms with Gasteiger partial charge in [-0.05, 0) is 0 Å². The maximum atomic E-state index is 12.0. The average molecular weight is 225 g/mol. The van der Waals surface area contributed by atoms with Gasteiger partial charge >= 0.3 is 0 Å². The van der Waals surface area contributed by atoms with Gasteiger partial charge in [-0.15, -0.1) is 0 Å². The Hall–Kier alpha value is -1.40. The summed E-state index contributed by atoms with van der Waals surface area (Å²) in [5.41, 5.74) is 0.733. The number of aromatic nitrogens is 2. The van der Waals surface area contributed by atoms with Gasteiger partial charge in [0, 0.05) is 39.0 Å². The molecule has 1 saturated heterocycles. The summed E-state index contributed by atoms with van der Waals surface area (Å²) >= 11 is 0. The maximum absolute atomic E-state index is 12.0. The van der Waals surface area contributed by atoms with Gasteiger partial charge in [-0.3, -0.25) is 9.48 Å². The number of amides is 1. The molecule has 0 bridgehead atoms. The van der Waals surface area contributed by atoms with E-state index in [-0.39, 0.29) is 5.91 Å². The maximum Gasteiger partial charge on any atom is 0.256 e. The van der Waals surface area contributed by atoms with Gasteiger partial charge in [0.1, 0.15) is 0 Å². The van der Waals surface area contributed by atoms with Crippen LogP contribution >= 0.6 is 0 Å². The molecule has 0 aromatic carbocycles. The molecule has 1 fully saturated rings. The normalized spacial score (nSPS) is 18.3. The van der Waals surface area contributed by atoms with Crippen LogP contribution in [0.1, 0.15) is 11.7 Å². The standard InChI is InChI=1S/C10H15N3O3/c1-12-4-7(3-11-12)9(16-2)10(15)13-5-8(14)6-13/h3-4,8-9,14H,5-6H2,1-2H3. The number of hydrogen-bond donors (Lipinski definition) is 1. The van der Waals surface area contributed by atoms with Crippen LogP contribution in [0.2, 0.25) is 0 Å². The number of aliphatic hydroxyl groups is 1. The number of carbonyl (C=O) groups is 1. The molecule has 6 heteroatoms. The van der Waals surface area contributed by atoms with Crippen molar-refractivity contribution in [2.24, 2.45) is 7.05 Å². The summed E-state index contributed by atoms with van der Waals surface area (Å²) in [6.45, 7) is 0.776. The van der Waals surface area contributed by atoms with Crippen LogP contribution < -0.4 is 0 Å². The summed E-state index contributed by atoms with van der Waals surface area (Å²) in [5, 5.41) is 13.1. The fourth-order valence-corrected chi connectivity index (χ4v) is 1.76. The van der Waals surface area contributed by atoms with Gasteiger partial charge in [0.2, 0.25) is 0 Å². The predicted molar refractivity (Wildman–Crippen MR) is 55.5 cm³/mol. The Morgan fingerprint density at radius 1 is 1.69 bits per heavy atom. The molecule has 6 nitrogen and oxygen atoms in total. The fourth-order valence-electron chi connectivity index (χ4n) is 1.76. The molecule has 1 aliphatic rings. The number of likely N-dealkylation sites (tertiary alicyclic amines) is 1. The van der Waals surface area contributed by atoms with Gasteiger partial charge in [-0.1, -0.05) is 0 Å². The van der Waals surface area contributed by atoms with Gasteiger partial charge in [0.25, 0.3) is 5.91 Å². The number of methoxy groups -OCH3 is 1.